The lowest BCUT2D eigenvalue weighted by atomic mass is 9.76. The molecule has 0 radical (unpaired) electrons. The SMILES string of the molecule is CCNC1CCC(CC)CC1CN1CC(C)CCC1C. The zero-order chi connectivity index (χ0) is 14.5. The Kier molecular flexibility index (Phi) is 6.35. The van der Waals surface area contributed by atoms with Crippen molar-refractivity contribution in [2.45, 2.75) is 78.3 Å². The monoisotopic (exact) mass is 280 g/mol. The lowest BCUT2D eigenvalue weighted by molar-refractivity contribution is 0.0734. The van der Waals surface area contributed by atoms with Crippen molar-refractivity contribution in [3.05, 3.63) is 0 Å². The first-order chi connectivity index (χ1) is 9.63. The second-order valence-electron chi connectivity index (χ2n) is 7.50. The van der Waals surface area contributed by atoms with Crippen LogP contribution in [-0.2, 0) is 0 Å². The highest BCUT2D eigenvalue weighted by Gasteiger charge is 2.33. The van der Waals surface area contributed by atoms with Crippen LogP contribution in [0, 0.1) is 17.8 Å². The number of rotatable bonds is 5. The molecular formula is C18H36N2. The predicted octanol–water partition coefficient (Wildman–Crippen LogP) is 3.91. The highest BCUT2D eigenvalue weighted by atomic mass is 15.2. The van der Waals surface area contributed by atoms with Crippen molar-refractivity contribution in [2.24, 2.45) is 17.8 Å². The van der Waals surface area contributed by atoms with Crippen LogP contribution < -0.4 is 5.32 Å². The fraction of sp³-hybridized carbons (Fsp3) is 1.00. The molecule has 1 aliphatic carbocycles. The van der Waals surface area contributed by atoms with E-state index < -0.39 is 0 Å². The van der Waals surface area contributed by atoms with Crippen LogP contribution in [0.25, 0.3) is 0 Å². The minimum atomic E-state index is 0.771. The topological polar surface area (TPSA) is 15.3 Å². The van der Waals surface area contributed by atoms with Gasteiger partial charge in [-0.05, 0) is 63.3 Å². The summed E-state index contributed by atoms with van der Waals surface area (Å²) in [5, 5.41) is 3.77. The lowest BCUT2D eigenvalue weighted by Gasteiger charge is -2.43. The number of hydrogen-bond acceptors (Lipinski definition) is 2. The second-order valence-corrected chi connectivity index (χ2v) is 7.50. The maximum Gasteiger partial charge on any atom is 0.0108 e. The Labute approximate surface area is 126 Å². The van der Waals surface area contributed by atoms with Gasteiger partial charge in [0.2, 0.25) is 0 Å². The first kappa shape index (κ1) is 16.3. The third-order valence-electron chi connectivity index (χ3n) is 5.85. The molecule has 0 aromatic rings. The zero-order valence-corrected chi connectivity index (χ0v) is 14.2. The fourth-order valence-corrected chi connectivity index (χ4v) is 4.40. The number of likely N-dealkylation sites (tertiary alicyclic amines) is 1. The summed E-state index contributed by atoms with van der Waals surface area (Å²) in [6.07, 6.45) is 8.49. The van der Waals surface area contributed by atoms with E-state index in [0.29, 0.717) is 0 Å². The van der Waals surface area contributed by atoms with E-state index >= 15 is 0 Å². The Morgan fingerprint density at radius 1 is 1.05 bits per heavy atom. The number of nitrogens with zero attached hydrogens (tertiary/aromatic N) is 1. The average Bonchev–Trinajstić information content (AvgIpc) is 2.45. The van der Waals surface area contributed by atoms with E-state index in [4.69, 9.17) is 0 Å². The summed E-state index contributed by atoms with van der Waals surface area (Å²) in [5.41, 5.74) is 0. The summed E-state index contributed by atoms with van der Waals surface area (Å²) in [6.45, 7) is 13.3. The first-order valence-electron chi connectivity index (χ1n) is 9.11. The van der Waals surface area contributed by atoms with Crippen LogP contribution in [0.5, 0.6) is 0 Å². The summed E-state index contributed by atoms with van der Waals surface area (Å²) >= 11 is 0. The second kappa shape index (κ2) is 7.79. The van der Waals surface area contributed by atoms with Gasteiger partial charge in [-0.1, -0.05) is 27.2 Å². The quantitative estimate of drug-likeness (QED) is 0.821. The molecule has 1 heterocycles. The molecule has 0 amide bonds. The third kappa shape index (κ3) is 4.21. The van der Waals surface area contributed by atoms with E-state index in [0.717, 1.165) is 36.4 Å². The Balaban J connectivity index is 1.94. The molecule has 0 spiro atoms. The maximum absolute atomic E-state index is 3.77. The van der Waals surface area contributed by atoms with Crippen molar-refractivity contribution < 1.29 is 0 Å². The predicted molar refractivity (Wildman–Crippen MR) is 88.0 cm³/mol. The van der Waals surface area contributed by atoms with Gasteiger partial charge in [-0.15, -0.1) is 0 Å². The third-order valence-corrected chi connectivity index (χ3v) is 5.85. The van der Waals surface area contributed by atoms with Gasteiger partial charge in [-0.3, -0.25) is 0 Å². The molecule has 1 aliphatic heterocycles. The van der Waals surface area contributed by atoms with Crippen molar-refractivity contribution in [1.82, 2.24) is 10.2 Å². The van der Waals surface area contributed by atoms with Gasteiger partial charge >= 0.3 is 0 Å². The van der Waals surface area contributed by atoms with Crippen molar-refractivity contribution in [3.8, 4) is 0 Å². The van der Waals surface area contributed by atoms with Crippen molar-refractivity contribution in [2.75, 3.05) is 19.6 Å². The molecule has 2 aliphatic rings. The summed E-state index contributed by atoms with van der Waals surface area (Å²) < 4.78 is 0. The van der Waals surface area contributed by atoms with Crippen molar-refractivity contribution >= 4 is 0 Å². The molecular weight excluding hydrogens is 244 g/mol. The molecule has 118 valence electrons. The van der Waals surface area contributed by atoms with E-state index in [-0.39, 0.29) is 0 Å². The summed E-state index contributed by atoms with van der Waals surface area (Å²) in [6, 6.07) is 1.57. The van der Waals surface area contributed by atoms with Crippen LogP contribution in [0.1, 0.15) is 66.2 Å². The van der Waals surface area contributed by atoms with Gasteiger partial charge in [0, 0.05) is 25.2 Å². The molecule has 2 rings (SSSR count). The van der Waals surface area contributed by atoms with Gasteiger partial charge in [0.25, 0.3) is 0 Å². The number of hydrogen-bond donors (Lipinski definition) is 1. The molecule has 1 N–H and O–H groups in total. The molecule has 1 saturated heterocycles. The summed E-state index contributed by atoms with van der Waals surface area (Å²) in [5.74, 6) is 2.75. The van der Waals surface area contributed by atoms with E-state index in [9.17, 15) is 0 Å². The standard InChI is InChI=1S/C18H36N2/c1-5-16-9-10-18(19-6-2)17(11-16)13-20-12-14(3)7-8-15(20)4/h14-19H,5-13H2,1-4H3. The number of piperidine rings is 1. The minimum absolute atomic E-state index is 0.771. The maximum atomic E-state index is 3.77. The first-order valence-corrected chi connectivity index (χ1v) is 9.11. The van der Waals surface area contributed by atoms with Gasteiger partial charge in [0.05, 0.1) is 0 Å². The average molecular weight is 280 g/mol. The Morgan fingerprint density at radius 3 is 2.55 bits per heavy atom. The Bertz CT molecular complexity index is 279. The van der Waals surface area contributed by atoms with Gasteiger partial charge in [0.15, 0.2) is 0 Å². The van der Waals surface area contributed by atoms with Crippen LogP contribution in [-0.4, -0.2) is 36.6 Å². The van der Waals surface area contributed by atoms with Gasteiger partial charge in [-0.25, -0.2) is 0 Å². The van der Waals surface area contributed by atoms with Gasteiger partial charge < -0.3 is 10.2 Å². The molecule has 0 bridgehead atoms. The lowest BCUT2D eigenvalue weighted by Crippen LogP contribution is -2.50. The van der Waals surface area contributed by atoms with Gasteiger partial charge in [-0.2, -0.15) is 0 Å². The zero-order valence-electron chi connectivity index (χ0n) is 14.2. The summed E-state index contributed by atoms with van der Waals surface area (Å²) in [7, 11) is 0. The fourth-order valence-electron chi connectivity index (χ4n) is 4.40. The molecule has 1 saturated carbocycles. The molecule has 20 heavy (non-hydrogen) atoms. The van der Waals surface area contributed by atoms with Crippen LogP contribution in [0.2, 0.25) is 0 Å². The van der Waals surface area contributed by atoms with Gasteiger partial charge in [0.1, 0.15) is 0 Å². The van der Waals surface area contributed by atoms with E-state index in [1.54, 1.807) is 0 Å². The molecule has 2 fully saturated rings. The van der Waals surface area contributed by atoms with Crippen molar-refractivity contribution in [1.29, 1.82) is 0 Å². The molecule has 2 nitrogen and oxygen atoms in total. The molecule has 5 unspecified atom stereocenters. The smallest absolute Gasteiger partial charge is 0.0108 e. The number of nitrogens with one attached hydrogen (secondary N) is 1. The van der Waals surface area contributed by atoms with Crippen molar-refractivity contribution in [3.63, 3.8) is 0 Å². The van der Waals surface area contributed by atoms with Crippen LogP contribution in [0.4, 0.5) is 0 Å². The summed E-state index contributed by atoms with van der Waals surface area (Å²) in [4.78, 5) is 2.79. The largest absolute Gasteiger partial charge is 0.314 e. The highest BCUT2D eigenvalue weighted by Crippen LogP contribution is 2.33. The molecule has 2 heteroatoms. The Hall–Kier alpha value is -0.0800. The van der Waals surface area contributed by atoms with E-state index in [1.807, 2.05) is 0 Å². The highest BCUT2D eigenvalue weighted by molar-refractivity contribution is 4.88. The Morgan fingerprint density at radius 2 is 1.85 bits per heavy atom. The van der Waals surface area contributed by atoms with Crippen LogP contribution in [0.15, 0.2) is 0 Å². The van der Waals surface area contributed by atoms with E-state index in [1.165, 1.54) is 51.6 Å². The molecule has 0 aromatic heterocycles. The minimum Gasteiger partial charge on any atom is -0.314 e. The van der Waals surface area contributed by atoms with E-state index in [2.05, 4.69) is 37.9 Å². The molecule has 0 aromatic carbocycles. The van der Waals surface area contributed by atoms with Crippen LogP contribution >= 0.6 is 0 Å². The van der Waals surface area contributed by atoms with Crippen LogP contribution in [0.3, 0.4) is 0 Å². The normalized spacial score (nSPS) is 39.9. The molecule has 5 atom stereocenters.